The van der Waals surface area contributed by atoms with Crippen molar-refractivity contribution in [3.63, 3.8) is 0 Å². The summed E-state index contributed by atoms with van der Waals surface area (Å²) < 4.78 is 0. The van der Waals surface area contributed by atoms with Crippen molar-refractivity contribution in [2.24, 2.45) is 5.73 Å². The van der Waals surface area contributed by atoms with Gasteiger partial charge in [-0.25, -0.2) is 4.79 Å². The Hall–Kier alpha value is -2.52. The average molecular weight is 364 g/mol. The lowest BCUT2D eigenvalue weighted by molar-refractivity contribution is -0.141. The summed E-state index contributed by atoms with van der Waals surface area (Å²) >= 11 is 3.84. The van der Waals surface area contributed by atoms with E-state index in [2.05, 4.69) is 28.2 Å². The molecule has 0 radical (unpaired) electrons. The lowest BCUT2D eigenvalue weighted by Crippen LogP contribution is -2.49. The van der Waals surface area contributed by atoms with E-state index in [9.17, 15) is 14.4 Å². The molecule has 2 rings (SSSR count). The summed E-state index contributed by atoms with van der Waals surface area (Å²) in [4.78, 5) is 37.6. The molecule has 0 saturated carbocycles. The highest BCUT2D eigenvalue weighted by Gasteiger charge is 2.20. The SMILES string of the molecule is NC(Cc1c[nH]c2ccccc12)C(=O)NCC(=O)NC(CS)C(=O)O. The van der Waals surface area contributed by atoms with Crippen LogP contribution >= 0.6 is 12.6 Å². The van der Waals surface area contributed by atoms with Gasteiger partial charge in [0.25, 0.3) is 0 Å². The van der Waals surface area contributed by atoms with Gasteiger partial charge in [0.15, 0.2) is 0 Å². The molecule has 2 atom stereocenters. The molecule has 0 aliphatic rings. The molecule has 0 fully saturated rings. The van der Waals surface area contributed by atoms with Gasteiger partial charge in [-0.2, -0.15) is 12.6 Å². The van der Waals surface area contributed by atoms with Crippen LogP contribution < -0.4 is 16.4 Å². The zero-order valence-corrected chi connectivity index (χ0v) is 14.3. The van der Waals surface area contributed by atoms with Crippen LogP contribution in [0.15, 0.2) is 30.5 Å². The fourth-order valence-electron chi connectivity index (χ4n) is 2.36. The van der Waals surface area contributed by atoms with Crippen molar-refractivity contribution >= 4 is 41.3 Å². The molecule has 1 heterocycles. The minimum Gasteiger partial charge on any atom is -0.480 e. The van der Waals surface area contributed by atoms with Crippen molar-refractivity contribution in [1.29, 1.82) is 0 Å². The molecule has 2 unspecified atom stereocenters. The first-order valence-corrected chi connectivity index (χ1v) is 8.27. The summed E-state index contributed by atoms with van der Waals surface area (Å²) in [5.74, 6) is -2.34. The van der Waals surface area contributed by atoms with Crippen molar-refractivity contribution in [3.05, 3.63) is 36.0 Å². The second kappa shape index (κ2) is 8.54. The Bertz CT molecular complexity index is 776. The normalized spacial score (nSPS) is 13.2. The zero-order chi connectivity index (χ0) is 18.4. The number of nitrogens with one attached hydrogen (secondary N) is 3. The standard InChI is InChI=1S/C16H20N4O4S/c17-11(5-9-6-18-12-4-2-1-3-10(9)12)15(22)19-7-14(21)20-13(8-25)16(23)24/h1-4,6,11,13,18,25H,5,7-8,17H2,(H,19,22)(H,20,21)(H,23,24). The third kappa shape index (κ3) is 4.97. The predicted molar refractivity (Wildman–Crippen MR) is 96.4 cm³/mol. The summed E-state index contributed by atoms with van der Waals surface area (Å²) in [6.45, 7) is -0.349. The lowest BCUT2D eigenvalue weighted by atomic mass is 10.1. The molecule has 25 heavy (non-hydrogen) atoms. The second-order valence-corrected chi connectivity index (χ2v) is 5.89. The van der Waals surface area contributed by atoms with E-state index < -0.39 is 29.9 Å². The molecule has 9 heteroatoms. The Kier molecular flexibility index (Phi) is 6.43. The van der Waals surface area contributed by atoms with Crippen LogP contribution in [0.2, 0.25) is 0 Å². The van der Waals surface area contributed by atoms with Crippen LogP contribution in [0.4, 0.5) is 0 Å². The van der Waals surface area contributed by atoms with E-state index >= 15 is 0 Å². The van der Waals surface area contributed by atoms with Crippen molar-refractivity contribution in [3.8, 4) is 0 Å². The van der Waals surface area contributed by atoms with Crippen LogP contribution in [0.1, 0.15) is 5.56 Å². The molecule has 2 aromatic rings. The molecule has 134 valence electrons. The molecule has 0 spiro atoms. The van der Waals surface area contributed by atoms with Crippen molar-refractivity contribution < 1.29 is 19.5 Å². The molecule has 0 aliphatic heterocycles. The number of fused-ring (bicyclic) bond motifs is 1. The smallest absolute Gasteiger partial charge is 0.327 e. The van der Waals surface area contributed by atoms with Crippen molar-refractivity contribution in [1.82, 2.24) is 15.6 Å². The summed E-state index contributed by atoms with van der Waals surface area (Å²) in [6, 6.07) is 5.73. The Labute approximate surface area is 149 Å². The molecular formula is C16H20N4O4S. The number of carboxylic acids is 1. The molecular weight excluding hydrogens is 344 g/mol. The summed E-state index contributed by atoms with van der Waals surface area (Å²) in [7, 11) is 0. The van der Waals surface area contributed by atoms with E-state index in [4.69, 9.17) is 10.8 Å². The number of aromatic nitrogens is 1. The van der Waals surface area contributed by atoms with Crippen molar-refractivity contribution in [2.75, 3.05) is 12.3 Å². The largest absolute Gasteiger partial charge is 0.480 e. The number of carbonyl (C=O) groups excluding carboxylic acids is 2. The zero-order valence-electron chi connectivity index (χ0n) is 13.4. The summed E-state index contributed by atoms with van der Waals surface area (Å²) in [5, 5.41) is 14.5. The Morgan fingerprint density at radius 1 is 1.28 bits per heavy atom. The number of aliphatic carboxylic acids is 1. The molecule has 8 nitrogen and oxygen atoms in total. The number of nitrogens with two attached hydrogens (primary N) is 1. The molecule has 0 saturated heterocycles. The predicted octanol–water partition coefficient (Wildman–Crippen LogP) is -0.347. The van der Waals surface area contributed by atoms with Crippen LogP contribution in [-0.4, -0.2) is 52.3 Å². The maximum atomic E-state index is 12.0. The Morgan fingerprint density at radius 2 is 2.00 bits per heavy atom. The van der Waals surface area contributed by atoms with Crippen LogP contribution in [0, 0.1) is 0 Å². The summed E-state index contributed by atoms with van der Waals surface area (Å²) in [5.41, 5.74) is 7.76. The number of carboxylic acid groups (broad SMARTS) is 1. The number of H-pyrrole nitrogens is 1. The number of benzene rings is 1. The number of hydrogen-bond acceptors (Lipinski definition) is 5. The Morgan fingerprint density at radius 3 is 2.68 bits per heavy atom. The molecule has 0 aliphatic carbocycles. The number of thiol groups is 1. The first-order valence-electron chi connectivity index (χ1n) is 7.63. The van der Waals surface area contributed by atoms with E-state index in [0.717, 1.165) is 16.5 Å². The molecule has 1 aromatic heterocycles. The lowest BCUT2D eigenvalue weighted by Gasteiger charge is -2.14. The van der Waals surface area contributed by atoms with Gasteiger partial charge >= 0.3 is 5.97 Å². The highest BCUT2D eigenvalue weighted by Crippen LogP contribution is 2.18. The van der Waals surface area contributed by atoms with E-state index in [1.54, 1.807) is 6.20 Å². The van der Waals surface area contributed by atoms with Crippen LogP contribution in [-0.2, 0) is 20.8 Å². The minimum atomic E-state index is -1.19. The number of rotatable bonds is 8. The highest BCUT2D eigenvalue weighted by molar-refractivity contribution is 7.80. The van der Waals surface area contributed by atoms with Gasteiger partial charge in [0, 0.05) is 22.9 Å². The molecule has 2 amide bonds. The van der Waals surface area contributed by atoms with E-state index in [-0.39, 0.29) is 12.3 Å². The fraction of sp³-hybridized carbons (Fsp3) is 0.312. The van der Waals surface area contributed by atoms with Gasteiger partial charge in [0.2, 0.25) is 11.8 Å². The van der Waals surface area contributed by atoms with E-state index in [1.807, 2.05) is 24.3 Å². The van der Waals surface area contributed by atoms with Crippen LogP contribution in [0.5, 0.6) is 0 Å². The first kappa shape index (κ1) is 18.8. The van der Waals surface area contributed by atoms with Crippen LogP contribution in [0.3, 0.4) is 0 Å². The van der Waals surface area contributed by atoms with E-state index in [0.29, 0.717) is 6.42 Å². The molecule has 6 N–H and O–H groups in total. The Balaban J connectivity index is 1.86. The summed E-state index contributed by atoms with van der Waals surface area (Å²) in [6.07, 6.45) is 2.11. The van der Waals surface area contributed by atoms with Gasteiger partial charge in [-0.15, -0.1) is 0 Å². The average Bonchev–Trinajstić information content (AvgIpc) is 3.00. The highest BCUT2D eigenvalue weighted by atomic mass is 32.1. The van der Waals surface area contributed by atoms with Crippen molar-refractivity contribution in [2.45, 2.75) is 18.5 Å². The monoisotopic (exact) mass is 364 g/mol. The topological polar surface area (TPSA) is 137 Å². The number of aromatic amines is 1. The number of carbonyl (C=O) groups is 3. The van der Waals surface area contributed by atoms with Gasteiger partial charge in [-0.3, -0.25) is 9.59 Å². The molecule has 1 aromatic carbocycles. The first-order chi connectivity index (χ1) is 11.9. The van der Waals surface area contributed by atoms with Gasteiger partial charge in [-0.1, -0.05) is 18.2 Å². The third-order valence-electron chi connectivity index (χ3n) is 3.69. The number of amides is 2. The van der Waals surface area contributed by atoms with Gasteiger partial charge in [0.1, 0.15) is 6.04 Å². The van der Waals surface area contributed by atoms with Crippen LogP contribution in [0.25, 0.3) is 10.9 Å². The van der Waals surface area contributed by atoms with E-state index in [1.165, 1.54) is 0 Å². The second-order valence-electron chi connectivity index (χ2n) is 5.53. The fourth-order valence-corrected chi connectivity index (χ4v) is 2.61. The van der Waals surface area contributed by atoms with Gasteiger partial charge in [-0.05, 0) is 18.1 Å². The quantitative estimate of drug-likeness (QED) is 0.356. The maximum Gasteiger partial charge on any atom is 0.327 e. The number of hydrogen-bond donors (Lipinski definition) is 6. The third-order valence-corrected chi connectivity index (χ3v) is 4.06. The molecule has 0 bridgehead atoms. The minimum absolute atomic E-state index is 0.0465. The van der Waals surface area contributed by atoms with Gasteiger partial charge < -0.3 is 26.5 Å². The number of para-hydroxylation sites is 1. The maximum absolute atomic E-state index is 12.0. The van der Waals surface area contributed by atoms with Gasteiger partial charge in [0.05, 0.1) is 12.6 Å².